The molecule has 1 saturated carbocycles. The SMILES string of the molecule is CCC/C=C\C=C\[C@@H]1C[C@H](O)[C@H](O)C(=O)[C@@H]1CO. The first-order valence-electron chi connectivity index (χ1n) is 6.45. The maximum Gasteiger partial charge on any atom is 0.169 e. The number of ketones is 1. The zero-order valence-electron chi connectivity index (χ0n) is 10.7. The maximum absolute atomic E-state index is 11.7. The van der Waals surface area contributed by atoms with Crippen molar-refractivity contribution in [3.63, 3.8) is 0 Å². The van der Waals surface area contributed by atoms with E-state index in [-0.39, 0.29) is 12.5 Å². The van der Waals surface area contributed by atoms with Crippen LogP contribution in [0.2, 0.25) is 0 Å². The number of Topliss-reactive ketones (excluding diaryl/α,β-unsaturated/α-hetero) is 1. The molecule has 0 aromatic carbocycles. The summed E-state index contributed by atoms with van der Waals surface area (Å²) in [5.74, 6) is -1.30. The van der Waals surface area contributed by atoms with Gasteiger partial charge in [0.1, 0.15) is 6.10 Å². The van der Waals surface area contributed by atoms with Crippen molar-refractivity contribution in [3.05, 3.63) is 24.3 Å². The molecule has 0 heterocycles. The largest absolute Gasteiger partial charge is 0.396 e. The third-order valence-electron chi connectivity index (χ3n) is 3.31. The Bertz CT molecular complexity index is 322. The first-order valence-corrected chi connectivity index (χ1v) is 6.45. The highest BCUT2D eigenvalue weighted by atomic mass is 16.3. The van der Waals surface area contributed by atoms with E-state index in [1.54, 1.807) is 0 Å². The van der Waals surface area contributed by atoms with Crippen LogP contribution in [0.15, 0.2) is 24.3 Å². The van der Waals surface area contributed by atoms with Crippen LogP contribution in [0.3, 0.4) is 0 Å². The van der Waals surface area contributed by atoms with Crippen LogP contribution in [-0.2, 0) is 4.79 Å². The van der Waals surface area contributed by atoms with Gasteiger partial charge in [0.2, 0.25) is 0 Å². The second-order valence-corrected chi connectivity index (χ2v) is 4.70. The highest BCUT2D eigenvalue weighted by Crippen LogP contribution is 2.28. The topological polar surface area (TPSA) is 77.8 Å². The van der Waals surface area contributed by atoms with Gasteiger partial charge in [0, 0.05) is 5.92 Å². The zero-order valence-corrected chi connectivity index (χ0v) is 10.7. The summed E-state index contributed by atoms with van der Waals surface area (Å²) >= 11 is 0. The van der Waals surface area contributed by atoms with E-state index in [1.807, 2.05) is 24.3 Å². The van der Waals surface area contributed by atoms with Gasteiger partial charge >= 0.3 is 0 Å². The molecule has 4 heteroatoms. The summed E-state index contributed by atoms with van der Waals surface area (Å²) in [5.41, 5.74) is 0. The van der Waals surface area contributed by atoms with Crippen molar-refractivity contribution in [2.45, 2.75) is 38.4 Å². The average molecular weight is 254 g/mol. The van der Waals surface area contributed by atoms with Crippen LogP contribution in [0.4, 0.5) is 0 Å². The summed E-state index contributed by atoms with van der Waals surface area (Å²) in [4.78, 5) is 11.7. The van der Waals surface area contributed by atoms with Crippen LogP contribution < -0.4 is 0 Å². The molecule has 0 spiro atoms. The molecule has 0 radical (unpaired) electrons. The van der Waals surface area contributed by atoms with Gasteiger partial charge in [-0.3, -0.25) is 4.79 Å². The number of allylic oxidation sites excluding steroid dienone is 4. The van der Waals surface area contributed by atoms with Crippen molar-refractivity contribution < 1.29 is 20.1 Å². The molecule has 4 atom stereocenters. The molecule has 0 amide bonds. The second-order valence-electron chi connectivity index (χ2n) is 4.70. The molecule has 1 rings (SSSR count). The van der Waals surface area contributed by atoms with Gasteiger partial charge < -0.3 is 15.3 Å². The molecule has 0 unspecified atom stereocenters. The van der Waals surface area contributed by atoms with Crippen molar-refractivity contribution in [1.29, 1.82) is 0 Å². The molecule has 0 aliphatic heterocycles. The average Bonchev–Trinajstić information content (AvgIpc) is 2.36. The van der Waals surface area contributed by atoms with E-state index < -0.39 is 23.9 Å². The molecule has 1 fully saturated rings. The number of hydrogen-bond acceptors (Lipinski definition) is 4. The lowest BCUT2D eigenvalue weighted by Crippen LogP contribution is -2.48. The molecule has 3 N–H and O–H groups in total. The van der Waals surface area contributed by atoms with Crippen molar-refractivity contribution in [2.75, 3.05) is 6.61 Å². The normalized spacial score (nSPS) is 33.7. The fourth-order valence-corrected chi connectivity index (χ4v) is 2.18. The van der Waals surface area contributed by atoms with Crippen LogP contribution in [0.1, 0.15) is 26.2 Å². The summed E-state index contributed by atoms with van der Waals surface area (Å²) in [5, 5.41) is 28.2. The molecule has 0 aromatic rings. The van der Waals surface area contributed by atoms with Gasteiger partial charge in [0.25, 0.3) is 0 Å². The molecule has 0 saturated heterocycles. The molecule has 4 nitrogen and oxygen atoms in total. The minimum atomic E-state index is -1.36. The van der Waals surface area contributed by atoms with E-state index in [4.69, 9.17) is 0 Å². The Morgan fingerprint density at radius 1 is 1.33 bits per heavy atom. The van der Waals surface area contributed by atoms with Crippen LogP contribution in [0.25, 0.3) is 0 Å². The summed E-state index contributed by atoms with van der Waals surface area (Å²) in [6.07, 6.45) is 7.57. The fraction of sp³-hybridized carbons (Fsp3) is 0.643. The van der Waals surface area contributed by atoms with Crippen molar-refractivity contribution in [3.8, 4) is 0 Å². The standard InChI is InChI=1S/C14H22O4/c1-2-3-4-5-6-7-10-8-12(16)14(18)13(17)11(10)9-15/h4-7,10-12,14-16,18H,2-3,8-9H2,1H3/b5-4-,7-6+/t10-,11-,12+,14+/m1/s1. The minimum absolute atomic E-state index is 0.216. The zero-order chi connectivity index (χ0) is 13.5. The number of aliphatic hydroxyl groups excluding tert-OH is 3. The number of carbonyl (C=O) groups excluding carboxylic acids is 1. The van der Waals surface area contributed by atoms with E-state index in [0.717, 1.165) is 12.8 Å². The van der Waals surface area contributed by atoms with Gasteiger partial charge in [-0.25, -0.2) is 0 Å². The summed E-state index contributed by atoms with van der Waals surface area (Å²) in [7, 11) is 0. The Balaban J connectivity index is 2.65. The predicted octanol–water partition coefficient (Wildman–Crippen LogP) is 0.818. The first-order chi connectivity index (χ1) is 8.61. The lowest BCUT2D eigenvalue weighted by atomic mass is 9.75. The van der Waals surface area contributed by atoms with Gasteiger partial charge in [-0.2, -0.15) is 0 Å². The van der Waals surface area contributed by atoms with Crippen LogP contribution in [0.5, 0.6) is 0 Å². The number of hydrogen-bond donors (Lipinski definition) is 3. The quantitative estimate of drug-likeness (QED) is 0.635. The Morgan fingerprint density at radius 3 is 2.67 bits per heavy atom. The smallest absolute Gasteiger partial charge is 0.169 e. The molecular formula is C14H22O4. The molecule has 1 aliphatic carbocycles. The van der Waals surface area contributed by atoms with Crippen LogP contribution >= 0.6 is 0 Å². The van der Waals surface area contributed by atoms with E-state index in [0.29, 0.717) is 6.42 Å². The Labute approximate surface area is 108 Å². The fourth-order valence-electron chi connectivity index (χ4n) is 2.18. The van der Waals surface area contributed by atoms with Gasteiger partial charge in [0.15, 0.2) is 5.78 Å². The van der Waals surface area contributed by atoms with E-state index in [9.17, 15) is 20.1 Å². The third-order valence-corrected chi connectivity index (χ3v) is 3.31. The molecule has 102 valence electrons. The molecular weight excluding hydrogens is 232 g/mol. The van der Waals surface area contributed by atoms with Crippen molar-refractivity contribution in [1.82, 2.24) is 0 Å². The Morgan fingerprint density at radius 2 is 2.06 bits per heavy atom. The lowest BCUT2D eigenvalue weighted by Gasteiger charge is -2.33. The Kier molecular flexibility index (Phi) is 6.25. The van der Waals surface area contributed by atoms with E-state index >= 15 is 0 Å². The van der Waals surface area contributed by atoms with Gasteiger partial charge in [-0.05, 0) is 18.8 Å². The molecule has 0 bridgehead atoms. The van der Waals surface area contributed by atoms with Gasteiger partial charge in [-0.1, -0.05) is 37.6 Å². The second kappa shape index (κ2) is 7.46. The third kappa shape index (κ3) is 3.77. The molecule has 1 aliphatic rings. The lowest BCUT2D eigenvalue weighted by molar-refractivity contribution is -0.146. The van der Waals surface area contributed by atoms with E-state index in [2.05, 4.69) is 6.92 Å². The maximum atomic E-state index is 11.7. The number of aliphatic hydroxyl groups is 3. The first kappa shape index (κ1) is 15.1. The molecule has 18 heavy (non-hydrogen) atoms. The van der Waals surface area contributed by atoms with Crippen LogP contribution in [0, 0.1) is 11.8 Å². The minimum Gasteiger partial charge on any atom is -0.396 e. The summed E-state index contributed by atoms with van der Waals surface area (Å²) in [6, 6.07) is 0. The highest BCUT2D eigenvalue weighted by molar-refractivity contribution is 5.87. The van der Waals surface area contributed by atoms with Gasteiger partial charge in [0.05, 0.1) is 12.7 Å². The number of carbonyl (C=O) groups is 1. The van der Waals surface area contributed by atoms with Crippen LogP contribution in [-0.4, -0.2) is 39.9 Å². The number of rotatable bonds is 5. The Hall–Kier alpha value is -0.970. The van der Waals surface area contributed by atoms with Crippen molar-refractivity contribution >= 4 is 5.78 Å². The van der Waals surface area contributed by atoms with E-state index in [1.165, 1.54) is 0 Å². The summed E-state index contributed by atoms with van der Waals surface area (Å²) < 4.78 is 0. The highest BCUT2D eigenvalue weighted by Gasteiger charge is 2.40. The van der Waals surface area contributed by atoms with Gasteiger partial charge in [-0.15, -0.1) is 0 Å². The predicted molar refractivity (Wildman–Crippen MR) is 68.9 cm³/mol. The monoisotopic (exact) mass is 254 g/mol. The number of unbranched alkanes of at least 4 members (excludes halogenated alkanes) is 1. The van der Waals surface area contributed by atoms with Crippen molar-refractivity contribution in [2.24, 2.45) is 11.8 Å². The molecule has 0 aromatic heterocycles. The summed E-state index contributed by atoms with van der Waals surface area (Å²) in [6.45, 7) is 1.80.